The van der Waals surface area contributed by atoms with Crippen LogP contribution >= 0.6 is 0 Å². The number of likely N-dealkylation sites (N-methyl/N-ethyl adjacent to an activating group) is 1. The van der Waals surface area contributed by atoms with Crippen LogP contribution in [-0.4, -0.2) is 30.1 Å². The number of rotatable bonds is 3. The summed E-state index contributed by atoms with van der Waals surface area (Å²) in [5, 5.41) is 0. The van der Waals surface area contributed by atoms with E-state index in [1.165, 1.54) is 11.0 Å². The van der Waals surface area contributed by atoms with E-state index in [-0.39, 0.29) is 18.3 Å². The number of halogens is 1. The van der Waals surface area contributed by atoms with Crippen LogP contribution in [0.2, 0.25) is 0 Å². The van der Waals surface area contributed by atoms with E-state index in [4.69, 9.17) is 9.47 Å². The normalized spacial score (nSPS) is 19.3. The summed E-state index contributed by atoms with van der Waals surface area (Å²) in [6, 6.07) is 13.6. The number of hydrogen-bond donors (Lipinski definition) is 0. The third-order valence-electron chi connectivity index (χ3n) is 3.83. The van der Waals surface area contributed by atoms with Crippen molar-refractivity contribution in [3.8, 4) is 11.5 Å². The second-order valence-corrected chi connectivity index (χ2v) is 5.59. The molecular weight excluding hydrogens is 297 g/mol. The molecule has 3 rings (SSSR count). The molecule has 0 aliphatic carbocycles. The zero-order valence-corrected chi connectivity index (χ0v) is 13.0. The highest BCUT2D eigenvalue weighted by molar-refractivity contribution is 5.82. The number of carbonyl (C=O) groups excluding carboxylic acids is 1. The first-order chi connectivity index (χ1) is 11.1. The summed E-state index contributed by atoms with van der Waals surface area (Å²) in [6.07, 6.45) is -1.16. The summed E-state index contributed by atoms with van der Waals surface area (Å²) in [5.74, 6) is 0.602. The van der Waals surface area contributed by atoms with E-state index in [1.807, 2.05) is 12.1 Å². The molecule has 0 spiro atoms. The molecule has 0 fully saturated rings. The molecule has 1 heterocycles. The van der Waals surface area contributed by atoms with E-state index in [0.29, 0.717) is 17.1 Å². The summed E-state index contributed by atoms with van der Waals surface area (Å²) in [5.41, 5.74) is 0.466. The number of amides is 1. The van der Waals surface area contributed by atoms with E-state index < -0.39 is 12.2 Å². The van der Waals surface area contributed by atoms with Crippen molar-refractivity contribution < 1.29 is 18.7 Å². The van der Waals surface area contributed by atoms with Crippen LogP contribution in [0.5, 0.6) is 11.5 Å². The minimum absolute atomic E-state index is 0.180. The van der Waals surface area contributed by atoms with Gasteiger partial charge in [0.05, 0.1) is 0 Å². The third-order valence-corrected chi connectivity index (χ3v) is 3.83. The molecule has 2 aromatic carbocycles. The number of carbonyl (C=O) groups is 1. The summed E-state index contributed by atoms with van der Waals surface area (Å²) >= 11 is 0. The van der Waals surface area contributed by atoms with E-state index in [0.717, 1.165) is 0 Å². The predicted octanol–water partition coefficient (Wildman–Crippen LogP) is 3.01. The average Bonchev–Trinajstić information content (AvgIpc) is 2.55. The van der Waals surface area contributed by atoms with Gasteiger partial charge in [-0.15, -0.1) is 0 Å². The molecule has 0 bridgehead atoms. The topological polar surface area (TPSA) is 38.8 Å². The molecule has 0 saturated heterocycles. The molecule has 2 atom stereocenters. The molecule has 2 aromatic rings. The molecule has 1 aliphatic heterocycles. The van der Waals surface area contributed by atoms with Crippen molar-refractivity contribution >= 4 is 5.91 Å². The van der Waals surface area contributed by atoms with Gasteiger partial charge in [0.15, 0.2) is 11.5 Å². The first-order valence-electron chi connectivity index (χ1n) is 7.47. The molecule has 4 nitrogen and oxygen atoms in total. The van der Waals surface area contributed by atoms with Crippen LogP contribution < -0.4 is 9.47 Å². The lowest BCUT2D eigenvalue weighted by atomic mass is 10.1. The molecule has 0 N–H and O–H groups in total. The van der Waals surface area contributed by atoms with Gasteiger partial charge in [0, 0.05) is 19.2 Å². The number of para-hydroxylation sites is 2. The Morgan fingerprint density at radius 2 is 1.70 bits per heavy atom. The molecule has 0 saturated carbocycles. The van der Waals surface area contributed by atoms with Gasteiger partial charge in [0.1, 0.15) is 11.9 Å². The SMILES string of the molecule is C[C@@H]1Oc2ccccc2O[C@@H]1C(=O)N(C)Cc1ccccc1F. The number of fused-ring (bicyclic) bond motifs is 1. The van der Waals surface area contributed by atoms with Gasteiger partial charge in [-0.25, -0.2) is 4.39 Å². The Bertz CT molecular complexity index is 719. The summed E-state index contributed by atoms with van der Waals surface area (Å²) < 4.78 is 25.3. The molecular formula is C18H18FNO3. The zero-order chi connectivity index (χ0) is 16.4. The van der Waals surface area contributed by atoms with Crippen molar-refractivity contribution in [3.63, 3.8) is 0 Å². The average molecular weight is 315 g/mol. The van der Waals surface area contributed by atoms with E-state index >= 15 is 0 Å². The summed E-state index contributed by atoms with van der Waals surface area (Å²) in [7, 11) is 1.63. The highest BCUT2D eigenvalue weighted by atomic mass is 19.1. The number of ether oxygens (including phenoxy) is 2. The molecule has 0 radical (unpaired) electrons. The van der Waals surface area contributed by atoms with Gasteiger partial charge in [-0.3, -0.25) is 4.79 Å². The van der Waals surface area contributed by atoms with Crippen LogP contribution in [0, 0.1) is 5.82 Å². The van der Waals surface area contributed by atoms with Gasteiger partial charge >= 0.3 is 0 Å². The van der Waals surface area contributed by atoms with Crippen LogP contribution in [0.25, 0.3) is 0 Å². The van der Waals surface area contributed by atoms with Crippen molar-refractivity contribution in [1.29, 1.82) is 0 Å². The van der Waals surface area contributed by atoms with Crippen LogP contribution in [-0.2, 0) is 11.3 Å². The van der Waals surface area contributed by atoms with Gasteiger partial charge < -0.3 is 14.4 Å². The van der Waals surface area contributed by atoms with Crippen molar-refractivity contribution in [2.24, 2.45) is 0 Å². The van der Waals surface area contributed by atoms with Gasteiger partial charge in [0.25, 0.3) is 5.91 Å². The molecule has 0 unspecified atom stereocenters. The molecule has 5 heteroatoms. The van der Waals surface area contributed by atoms with Crippen molar-refractivity contribution in [3.05, 3.63) is 59.9 Å². The van der Waals surface area contributed by atoms with Crippen molar-refractivity contribution in [2.45, 2.75) is 25.7 Å². The highest BCUT2D eigenvalue weighted by Gasteiger charge is 2.35. The van der Waals surface area contributed by atoms with Gasteiger partial charge in [-0.2, -0.15) is 0 Å². The minimum atomic E-state index is -0.748. The lowest BCUT2D eigenvalue weighted by molar-refractivity contribution is -0.143. The van der Waals surface area contributed by atoms with Gasteiger partial charge in [-0.1, -0.05) is 30.3 Å². The van der Waals surface area contributed by atoms with Crippen LogP contribution in [0.15, 0.2) is 48.5 Å². The van der Waals surface area contributed by atoms with Crippen molar-refractivity contribution in [2.75, 3.05) is 7.05 Å². The summed E-state index contributed by atoms with van der Waals surface area (Å²) in [4.78, 5) is 14.1. The smallest absolute Gasteiger partial charge is 0.267 e. The fourth-order valence-electron chi connectivity index (χ4n) is 2.57. The number of benzene rings is 2. The Balaban J connectivity index is 1.74. The maximum Gasteiger partial charge on any atom is 0.267 e. The van der Waals surface area contributed by atoms with Crippen LogP contribution in [0.4, 0.5) is 4.39 Å². The molecule has 23 heavy (non-hydrogen) atoms. The maximum atomic E-state index is 13.7. The minimum Gasteiger partial charge on any atom is -0.482 e. The Labute approximate surface area is 134 Å². The Morgan fingerprint density at radius 1 is 1.09 bits per heavy atom. The largest absolute Gasteiger partial charge is 0.482 e. The third kappa shape index (κ3) is 3.13. The molecule has 1 aliphatic rings. The van der Waals surface area contributed by atoms with E-state index in [2.05, 4.69) is 0 Å². The number of hydrogen-bond acceptors (Lipinski definition) is 3. The monoisotopic (exact) mass is 315 g/mol. The van der Waals surface area contributed by atoms with Crippen LogP contribution in [0.3, 0.4) is 0 Å². The summed E-state index contributed by atoms with van der Waals surface area (Å²) in [6.45, 7) is 1.97. The Kier molecular flexibility index (Phi) is 4.19. The van der Waals surface area contributed by atoms with Crippen molar-refractivity contribution in [1.82, 2.24) is 4.90 Å². The second-order valence-electron chi connectivity index (χ2n) is 5.59. The van der Waals surface area contributed by atoms with Gasteiger partial charge in [-0.05, 0) is 25.1 Å². The lowest BCUT2D eigenvalue weighted by Crippen LogP contribution is -2.49. The first-order valence-corrected chi connectivity index (χ1v) is 7.47. The Morgan fingerprint density at radius 3 is 2.39 bits per heavy atom. The fraction of sp³-hybridized carbons (Fsp3) is 0.278. The molecule has 120 valence electrons. The molecule has 1 amide bonds. The van der Waals surface area contributed by atoms with Gasteiger partial charge in [0.2, 0.25) is 6.10 Å². The fourth-order valence-corrected chi connectivity index (χ4v) is 2.57. The van der Waals surface area contributed by atoms with E-state index in [9.17, 15) is 9.18 Å². The highest BCUT2D eigenvalue weighted by Crippen LogP contribution is 2.33. The molecule has 0 aromatic heterocycles. The quantitative estimate of drug-likeness (QED) is 0.874. The standard InChI is InChI=1S/C18H18FNO3/c1-12-17(23-16-10-6-5-9-15(16)22-12)18(21)20(2)11-13-7-3-4-8-14(13)19/h3-10,12,17H,11H2,1-2H3/t12-,17-/m0/s1. The van der Waals surface area contributed by atoms with E-state index in [1.54, 1.807) is 44.3 Å². The maximum absolute atomic E-state index is 13.7. The zero-order valence-electron chi connectivity index (χ0n) is 13.0. The first kappa shape index (κ1) is 15.3. The predicted molar refractivity (Wildman–Crippen MR) is 83.8 cm³/mol. The number of nitrogens with zero attached hydrogens (tertiary/aromatic N) is 1. The lowest BCUT2D eigenvalue weighted by Gasteiger charge is -2.33. The Hall–Kier alpha value is -2.56. The van der Waals surface area contributed by atoms with Crippen LogP contribution in [0.1, 0.15) is 12.5 Å². The second kappa shape index (κ2) is 6.28.